The monoisotopic (exact) mass is 364 g/mol. The third-order valence-electron chi connectivity index (χ3n) is 3.23. The number of non-ortho nitro benzene ring substituents is 1. The minimum atomic E-state index is -3.72. The number of nitrogens with two attached hydrogens (primary N) is 1. The van der Waals surface area contributed by atoms with E-state index in [0.29, 0.717) is 12.2 Å². The zero-order chi connectivity index (χ0) is 18.4. The Balaban J connectivity index is 1.81. The number of sulfonamides is 1. The summed E-state index contributed by atoms with van der Waals surface area (Å²) in [5, 5.41) is 21.1. The maximum absolute atomic E-state index is 11.8. The zero-order valence-electron chi connectivity index (χ0n) is 13.0. The van der Waals surface area contributed by atoms with Crippen molar-refractivity contribution in [3.8, 4) is 0 Å². The molecule has 10 heteroatoms. The minimum absolute atomic E-state index is 0.0205. The van der Waals surface area contributed by atoms with E-state index in [1.807, 2.05) is 0 Å². The Kier molecular flexibility index (Phi) is 5.80. The summed E-state index contributed by atoms with van der Waals surface area (Å²) in [4.78, 5) is 21.9. The lowest BCUT2D eigenvalue weighted by molar-refractivity contribution is -0.384. The van der Waals surface area contributed by atoms with E-state index in [9.17, 15) is 23.3 Å². The fraction of sp³-hybridized carbons (Fsp3) is 0.133. The van der Waals surface area contributed by atoms with Crippen molar-refractivity contribution in [1.82, 2.24) is 5.32 Å². The van der Waals surface area contributed by atoms with E-state index in [1.54, 1.807) is 12.1 Å². The number of benzene rings is 2. The smallest absolute Gasteiger partial charge is 0.269 e. The van der Waals surface area contributed by atoms with Crippen molar-refractivity contribution in [1.29, 1.82) is 0 Å². The average Bonchev–Trinajstić information content (AvgIpc) is 2.55. The van der Waals surface area contributed by atoms with E-state index in [-0.39, 0.29) is 23.0 Å². The molecule has 0 atom stereocenters. The van der Waals surface area contributed by atoms with Crippen LogP contribution in [0.25, 0.3) is 0 Å². The highest BCUT2D eigenvalue weighted by molar-refractivity contribution is 7.89. The zero-order valence-corrected chi connectivity index (χ0v) is 13.8. The summed E-state index contributed by atoms with van der Waals surface area (Å²) in [5.74, 6) is -0.310. The Morgan fingerprint density at radius 3 is 2.20 bits per heavy atom. The first-order valence-corrected chi connectivity index (χ1v) is 8.67. The summed E-state index contributed by atoms with van der Waals surface area (Å²) >= 11 is 0. The van der Waals surface area contributed by atoms with Gasteiger partial charge in [0.2, 0.25) is 15.9 Å². The van der Waals surface area contributed by atoms with Gasteiger partial charge in [0.25, 0.3) is 5.69 Å². The van der Waals surface area contributed by atoms with Crippen LogP contribution >= 0.6 is 0 Å². The molecule has 0 saturated heterocycles. The number of amides is 1. The number of primary sulfonamides is 1. The molecule has 2 aromatic rings. The second-order valence-electron chi connectivity index (χ2n) is 5.14. The summed E-state index contributed by atoms with van der Waals surface area (Å²) < 4.78 is 22.3. The van der Waals surface area contributed by atoms with Crippen LogP contribution in [0.5, 0.6) is 0 Å². The first-order chi connectivity index (χ1) is 11.8. The number of hydrogen-bond acceptors (Lipinski definition) is 6. The number of rotatable bonds is 7. The Hall–Kier alpha value is -2.82. The molecule has 0 aliphatic rings. The van der Waals surface area contributed by atoms with E-state index < -0.39 is 14.9 Å². The molecule has 0 bridgehead atoms. The summed E-state index contributed by atoms with van der Waals surface area (Å²) in [6.45, 7) is 0.381. The Morgan fingerprint density at radius 1 is 1.08 bits per heavy atom. The van der Waals surface area contributed by atoms with Crippen LogP contribution in [0, 0.1) is 10.1 Å². The average molecular weight is 364 g/mol. The summed E-state index contributed by atoms with van der Waals surface area (Å²) in [6.07, 6.45) is 0. The van der Waals surface area contributed by atoms with Crippen molar-refractivity contribution < 1.29 is 18.1 Å². The van der Waals surface area contributed by atoms with Crippen LogP contribution in [0.3, 0.4) is 0 Å². The minimum Gasteiger partial charge on any atom is -0.325 e. The maximum Gasteiger partial charge on any atom is 0.269 e. The molecule has 0 aromatic heterocycles. The van der Waals surface area contributed by atoms with Crippen molar-refractivity contribution in [2.75, 3.05) is 11.9 Å². The Morgan fingerprint density at radius 2 is 1.68 bits per heavy atom. The van der Waals surface area contributed by atoms with Crippen LogP contribution in [0.15, 0.2) is 53.4 Å². The predicted octanol–water partition coefficient (Wildman–Crippen LogP) is 0.970. The number of nitrogens with one attached hydrogen (secondary N) is 2. The molecule has 0 heterocycles. The quantitative estimate of drug-likeness (QED) is 0.493. The molecule has 0 aliphatic heterocycles. The normalized spacial score (nSPS) is 11.1. The molecule has 9 nitrogen and oxygen atoms in total. The van der Waals surface area contributed by atoms with E-state index in [4.69, 9.17) is 5.14 Å². The van der Waals surface area contributed by atoms with Crippen molar-refractivity contribution in [3.05, 3.63) is 64.2 Å². The van der Waals surface area contributed by atoms with E-state index >= 15 is 0 Å². The molecule has 0 fully saturated rings. The molecule has 0 unspecified atom stereocenters. The van der Waals surface area contributed by atoms with Gasteiger partial charge < -0.3 is 10.6 Å². The van der Waals surface area contributed by atoms with Crippen LogP contribution in [0.4, 0.5) is 11.4 Å². The standard InChI is InChI=1S/C15H16N4O5S/c16-25(23,24)14-7-1-11(2-8-14)9-17-10-15(20)18-12-3-5-13(6-4-12)19(21)22/h1-8,17H,9-10H2,(H,18,20)(H2,16,23,24). The van der Waals surface area contributed by atoms with Crippen LogP contribution < -0.4 is 15.8 Å². The van der Waals surface area contributed by atoms with Gasteiger partial charge in [0.1, 0.15) is 0 Å². The number of carbonyl (C=O) groups is 1. The van der Waals surface area contributed by atoms with Gasteiger partial charge in [0.05, 0.1) is 16.4 Å². The third-order valence-corrected chi connectivity index (χ3v) is 4.16. The second kappa shape index (κ2) is 7.83. The topological polar surface area (TPSA) is 144 Å². The number of hydrogen-bond donors (Lipinski definition) is 3. The molecule has 2 aromatic carbocycles. The number of carbonyl (C=O) groups excluding carboxylic acids is 1. The molecule has 4 N–H and O–H groups in total. The van der Waals surface area contributed by atoms with Gasteiger partial charge in [-0.05, 0) is 29.8 Å². The van der Waals surface area contributed by atoms with Gasteiger partial charge in [-0.25, -0.2) is 13.6 Å². The molecule has 25 heavy (non-hydrogen) atoms. The van der Waals surface area contributed by atoms with Crippen LogP contribution in [-0.2, 0) is 21.4 Å². The lowest BCUT2D eigenvalue weighted by atomic mass is 10.2. The highest BCUT2D eigenvalue weighted by atomic mass is 32.2. The molecular formula is C15H16N4O5S. The predicted molar refractivity (Wildman–Crippen MR) is 91.2 cm³/mol. The molecule has 0 saturated carbocycles. The first kappa shape index (κ1) is 18.5. The SMILES string of the molecule is NS(=O)(=O)c1ccc(CNCC(=O)Nc2ccc([N+](=O)[O-])cc2)cc1. The second-order valence-corrected chi connectivity index (χ2v) is 6.71. The van der Waals surface area contributed by atoms with Crippen LogP contribution in [-0.4, -0.2) is 25.8 Å². The Labute approximate surface area is 144 Å². The van der Waals surface area contributed by atoms with Gasteiger partial charge >= 0.3 is 0 Å². The van der Waals surface area contributed by atoms with Gasteiger partial charge in [-0.3, -0.25) is 14.9 Å². The summed E-state index contributed by atoms with van der Waals surface area (Å²) in [7, 11) is -3.72. The van der Waals surface area contributed by atoms with E-state index in [1.165, 1.54) is 36.4 Å². The first-order valence-electron chi connectivity index (χ1n) is 7.12. The summed E-state index contributed by atoms with van der Waals surface area (Å²) in [6, 6.07) is 11.5. The number of nitro benzene ring substituents is 1. The largest absolute Gasteiger partial charge is 0.325 e. The van der Waals surface area contributed by atoms with Gasteiger partial charge in [0, 0.05) is 24.4 Å². The molecule has 2 rings (SSSR count). The summed E-state index contributed by atoms with van der Waals surface area (Å²) in [5.41, 5.74) is 1.18. The molecule has 0 spiro atoms. The van der Waals surface area contributed by atoms with Crippen molar-refractivity contribution >= 4 is 27.3 Å². The molecule has 132 valence electrons. The van der Waals surface area contributed by atoms with Gasteiger partial charge in [0.15, 0.2) is 0 Å². The Bertz CT molecular complexity index is 864. The number of nitro groups is 1. The fourth-order valence-corrected chi connectivity index (χ4v) is 2.50. The van der Waals surface area contributed by atoms with E-state index in [2.05, 4.69) is 10.6 Å². The number of nitrogens with zero attached hydrogens (tertiary/aromatic N) is 1. The molecule has 1 amide bonds. The number of anilines is 1. The van der Waals surface area contributed by atoms with Crippen LogP contribution in [0.1, 0.15) is 5.56 Å². The maximum atomic E-state index is 11.8. The lowest BCUT2D eigenvalue weighted by Crippen LogP contribution is -2.27. The molecule has 0 aliphatic carbocycles. The van der Waals surface area contributed by atoms with Crippen LogP contribution in [0.2, 0.25) is 0 Å². The fourth-order valence-electron chi connectivity index (χ4n) is 1.99. The van der Waals surface area contributed by atoms with Gasteiger partial charge in [-0.1, -0.05) is 12.1 Å². The van der Waals surface area contributed by atoms with Crippen molar-refractivity contribution in [2.24, 2.45) is 5.14 Å². The van der Waals surface area contributed by atoms with E-state index in [0.717, 1.165) is 5.56 Å². The highest BCUT2D eigenvalue weighted by Gasteiger charge is 2.08. The molecular weight excluding hydrogens is 348 g/mol. The van der Waals surface area contributed by atoms with Crippen molar-refractivity contribution in [3.63, 3.8) is 0 Å². The highest BCUT2D eigenvalue weighted by Crippen LogP contribution is 2.15. The van der Waals surface area contributed by atoms with Crippen molar-refractivity contribution in [2.45, 2.75) is 11.4 Å². The lowest BCUT2D eigenvalue weighted by Gasteiger charge is -2.07. The third kappa shape index (κ3) is 5.64. The van der Waals surface area contributed by atoms with Gasteiger partial charge in [-0.2, -0.15) is 0 Å². The van der Waals surface area contributed by atoms with Gasteiger partial charge in [-0.15, -0.1) is 0 Å². The molecule has 0 radical (unpaired) electrons.